The van der Waals surface area contributed by atoms with E-state index >= 15 is 0 Å². The zero-order valence-corrected chi connectivity index (χ0v) is 15.0. The van der Waals surface area contributed by atoms with Gasteiger partial charge >= 0.3 is 0 Å². The van der Waals surface area contributed by atoms with Gasteiger partial charge < -0.3 is 19.9 Å². The van der Waals surface area contributed by atoms with E-state index in [1.807, 2.05) is 32.0 Å². The minimum absolute atomic E-state index is 0.284. The minimum Gasteiger partial charge on any atom is -0.497 e. The monoisotopic (exact) mass is 330 g/mol. The zero-order chi connectivity index (χ0) is 17.5. The second kappa shape index (κ2) is 8.38. The van der Waals surface area contributed by atoms with Crippen LogP contribution in [0.1, 0.15) is 35.4 Å². The van der Waals surface area contributed by atoms with Crippen LogP contribution in [-0.4, -0.2) is 31.8 Å². The Morgan fingerprint density at radius 2 is 2.12 bits per heavy atom. The van der Waals surface area contributed by atoms with Crippen LogP contribution >= 0.6 is 0 Å². The van der Waals surface area contributed by atoms with Gasteiger partial charge in [-0.25, -0.2) is 0 Å². The molecule has 1 atom stereocenters. The van der Waals surface area contributed by atoms with E-state index in [1.165, 1.54) is 0 Å². The van der Waals surface area contributed by atoms with Crippen LogP contribution in [0.3, 0.4) is 0 Å². The molecule has 0 aliphatic carbocycles. The summed E-state index contributed by atoms with van der Waals surface area (Å²) in [7, 11) is 3.44. The lowest BCUT2D eigenvalue weighted by molar-refractivity contribution is 0.391. The molecule has 0 amide bonds. The number of methoxy groups -OCH3 is 1. The maximum atomic E-state index is 5.24. The third-order valence-corrected chi connectivity index (χ3v) is 3.97. The lowest BCUT2D eigenvalue weighted by Crippen LogP contribution is -2.38. The molecule has 0 aliphatic rings. The predicted octanol–water partition coefficient (Wildman–Crippen LogP) is 2.77. The number of hydrogen-bond acceptors (Lipinski definition) is 4. The highest BCUT2D eigenvalue weighted by Crippen LogP contribution is 2.22. The van der Waals surface area contributed by atoms with Crippen molar-refractivity contribution in [2.75, 3.05) is 20.7 Å². The van der Waals surface area contributed by atoms with Crippen LogP contribution in [-0.2, 0) is 6.54 Å². The van der Waals surface area contributed by atoms with E-state index in [0.29, 0.717) is 6.54 Å². The van der Waals surface area contributed by atoms with E-state index in [0.717, 1.165) is 40.8 Å². The van der Waals surface area contributed by atoms with E-state index in [1.54, 1.807) is 14.2 Å². The molecule has 0 fully saturated rings. The van der Waals surface area contributed by atoms with Crippen LogP contribution in [0.4, 0.5) is 0 Å². The number of aromatic nitrogens is 1. The predicted molar refractivity (Wildman–Crippen MR) is 95.6 cm³/mol. The fourth-order valence-corrected chi connectivity index (χ4v) is 2.73. The third kappa shape index (κ3) is 4.50. The molecule has 130 valence electrons. The largest absolute Gasteiger partial charge is 0.497 e. The minimum atomic E-state index is 0.284. The molecule has 0 aliphatic heterocycles. The van der Waals surface area contributed by atoms with Gasteiger partial charge in [-0.1, -0.05) is 24.2 Å². The second-order valence-electron chi connectivity index (χ2n) is 5.80. The molecule has 24 heavy (non-hydrogen) atoms. The van der Waals surface area contributed by atoms with Crippen molar-refractivity contribution in [2.24, 2.45) is 4.99 Å². The summed E-state index contributed by atoms with van der Waals surface area (Å²) in [6.07, 6.45) is 0. The SMILES string of the molecule is CN=C(NCc1cccc(OC)c1)NCC(C)c1c(C)noc1C. The normalized spacial score (nSPS) is 12.8. The fourth-order valence-electron chi connectivity index (χ4n) is 2.73. The number of aryl methyl sites for hydroxylation is 2. The molecule has 1 aromatic heterocycles. The van der Waals surface area contributed by atoms with Crippen molar-refractivity contribution in [3.8, 4) is 5.75 Å². The van der Waals surface area contributed by atoms with Crippen molar-refractivity contribution in [2.45, 2.75) is 33.2 Å². The number of benzene rings is 1. The Morgan fingerprint density at radius 1 is 1.33 bits per heavy atom. The van der Waals surface area contributed by atoms with Crippen LogP contribution in [0, 0.1) is 13.8 Å². The smallest absolute Gasteiger partial charge is 0.191 e. The lowest BCUT2D eigenvalue weighted by Gasteiger charge is -2.16. The molecule has 6 nitrogen and oxygen atoms in total. The molecule has 0 spiro atoms. The molecule has 1 unspecified atom stereocenters. The van der Waals surface area contributed by atoms with Crippen LogP contribution in [0.25, 0.3) is 0 Å². The maximum absolute atomic E-state index is 5.24. The first-order valence-electron chi connectivity index (χ1n) is 8.05. The van der Waals surface area contributed by atoms with E-state index in [2.05, 4.69) is 33.8 Å². The number of nitrogens with zero attached hydrogens (tertiary/aromatic N) is 2. The highest BCUT2D eigenvalue weighted by molar-refractivity contribution is 5.79. The highest BCUT2D eigenvalue weighted by atomic mass is 16.5. The molecule has 0 saturated heterocycles. The molecule has 1 aromatic carbocycles. The second-order valence-corrected chi connectivity index (χ2v) is 5.80. The molecule has 6 heteroatoms. The summed E-state index contributed by atoms with van der Waals surface area (Å²) in [6, 6.07) is 7.97. The average Bonchev–Trinajstić information content (AvgIpc) is 2.93. The van der Waals surface area contributed by atoms with Crippen molar-refractivity contribution in [3.63, 3.8) is 0 Å². The van der Waals surface area contributed by atoms with Crippen molar-refractivity contribution < 1.29 is 9.26 Å². The van der Waals surface area contributed by atoms with Gasteiger partial charge in [0.1, 0.15) is 11.5 Å². The van der Waals surface area contributed by atoms with Crippen LogP contribution < -0.4 is 15.4 Å². The Balaban J connectivity index is 1.88. The number of ether oxygens (including phenoxy) is 1. The molecule has 0 saturated carbocycles. The number of guanidine groups is 1. The number of rotatable bonds is 6. The van der Waals surface area contributed by atoms with Crippen molar-refractivity contribution in [3.05, 3.63) is 46.8 Å². The van der Waals surface area contributed by atoms with Crippen molar-refractivity contribution >= 4 is 5.96 Å². The molecular weight excluding hydrogens is 304 g/mol. The topological polar surface area (TPSA) is 71.7 Å². The van der Waals surface area contributed by atoms with E-state index < -0.39 is 0 Å². The Labute approximate surface area is 143 Å². The highest BCUT2D eigenvalue weighted by Gasteiger charge is 2.16. The van der Waals surface area contributed by atoms with Gasteiger partial charge in [-0.2, -0.15) is 0 Å². The van der Waals surface area contributed by atoms with Crippen LogP contribution in [0.2, 0.25) is 0 Å². The summed E-state index contributed by atoms with van der Waals surface area (Å²) >= 11 is 0. The first-order valence-corrected chi connectivity index (χ1v) is 8.05. The van der Waals surface area contributed by atoms with Crippen molar-refractivity contribution in [1.29, 1.82) is 0 Å². The van der Waals surface area contributed by atoms with Crippen LogP contribution in [0.5, 0.6) is 5.75 Å². The molecular formula is C18H26N4O2. The lowest BCUT2D eigenvalue weighted by atomic mass is 10.00. The molecule has 0 bridgehead atoms. The first kappa shape index (κ1) is 17.8. The fraction of sp³-hybridized carbons (Fsp3) is 0.444. The van der Waals surface area contributed by atoms with Gasteiger partial charge in [0.15, 0.2) is 5.96 Å². The molecule has 0 radical (unpaired) electrons. The third-order valence-electron chi connectivity index (χ3n) is 3.97. The molecule has 2 N–H and O–H groups in total. The standard InChI is InChI=1S/C18H26N4O2/c1-12(17-13(2)22-24-14(17)3)10-20-18(19-4)21-11-15-7-6-8-16(9-15)23-5/h6-9,12H,10-11H2,1-5H3,(H2,19,20,21). The Bertz CT molecular complexity index is 675. The number of aliphatic imine (C=N–C) groups is 1. The zero-order valence-electron chi connectivity index (χ0n) is 15.0. The summed E-state index contributed by atoms with van der Waals surface area (Å²) in [5, 5.41) is 10.7. The average molecular weight is 330 g/mol. The van der Waals surface area contributed by atoms with Gasteiger partial charge in [0.25, 0.3) is 0 Å². The number of nitrogens with one attached hydrogen (secondary N) is 2. The summed E-state index contributed by atoms with van der Waals surface area (Å²) in [5.41, 5.74) is 3.24. The first-order chi connectivity index (χ1) is 11.5. The summed E-state index contributed by atoms with van der Waals surface area (Å²) in [5.74, 6) is 2.77. The van der Waals surface area contributed by atoms with E-state index in [9.17, 15) is 0 Å². The van der Waals surface area contributed by atoms with Gasteiger partial charge in [0.2, 0.25) is 0 Å². The Hall–Kier alpha value is -2.50. The van der Waals surface area contributed by atoms with Crippen LogP contribution in [0.15, 0.2) is 33.8 Å². The van der Waals surface area contributed by atoms with Gasteiger partial charge in [0.05, 0.1) is 12.8 Å². The number of hydrogen-bond donors (Lipinski definition) is 2. The van der Waals surface area contributed by atoms with Crippen molar-refractivity contribution in [1.82, 2.24) is 15.8 Å². The quantitative estimate of drug-likeness (QED) is 0.629. The van der Waals surface area contributed by atoms with Gasteiger partial charge in [-0.05, 0) is 31.5 Å². The Kier molecular flexibility index (Phi) is 6.23. The van der Waals surface area contributed by atoms with E-state index in [-0.39, 0.29) is 5.92 Å². The summed E-state index contributed by atoms with van der Waals surface area (Å²) < 4.78 is 10.5. The van der Waals surface area contributed by atoms with Gasteiger partial charge in [-0.3, -0.25) is 4.99 Å². The maximum Gasteiger partial charge on any atom is 0.191 e. The van der Waals surface area contributed by atoms with Gasteiger partial charge in [0, 0.05) is 31.6 Å². The van der Waals surface area contributed by atoms with E-state index in [4.69, 9.17) is 9.26 Å². The molecule has 2 rings (SSSR count). The molecule has 2 aromatic rings. The van der Waals surface area contributed by atoms with Gasteiger partial charge in [-0.15, -0.1) is 0 Å². The Morgan fingerprint density at radius 3 is 2.75 bits per heavy atom. The summed E-state index contributed by atoms with van der Waals surface area (Å²) in [4.78, 5) is 4.27. The molecule has 1 heterocycles. The summed E-state index contributed by atoms with van der Waals surface area (Å²) in [6.45, 7) is 7.49.